The molecule has 0 saturated heterocycles. The lowest BCUT2D eigenvalue weighted by molar-refractivity contribution is 0.0869. The van der Waals surface area contributed by atoms with Crippen molar-refractivity contribution in [2.24, 2.45) is 0 Å². The van der Waals surface area contributed by atoms with Gasteiger partial charge in [-0.15, -0.1) is 11.3 Å². The van der Waals surface area contributed by atoms with Gasteiger partial charge in [-0.25, -0.2) is 0 Å². The number of nitrogens with one attached hydrogen (secondary N) is 1. The van der Waals surface area contributed by atoms with Crippen LogP contribution in [0.2, 0.25) is 0 Å². The van der Waals surface area contributed by atoms with Gasteiger partial charge in [-0.1, -0.05) is 0 Å². The van der Waals surface area contributed by atoms with Crippen LogP contribution in [0.15, 0.2) is 24.3 Å². The van der Waals surface area contributed by atoms with Crippen LogP contribution in [0.1, 0.15) is 16.1 Å². The van der Waals surface area contributed by atoms with Crippen molar-refractivity contribution >= 4 is 33.0 Å². The van der Waals surface area contributed by atoms with E-state index >= 15 is 0 Å². The lowest BCUT2D eigenvalue weighted by atomic mass is 10.2. The number of amides is 1. The molecule has 0 fully saturated rings. The van der Waals surface area contributed by atoms with E-state index in [0.29, 0.717) is 30.3 Å². The van der Waals surface area contributed by atoms with Gasteiger partial charge >= 0.3 is 0 Å². The van der Waals surface area contributed by atoms with Gasteiger partial charge in [0.2, 0.25) is 0 Å². The second-order valence-corrected chi connectivity index (χ2v) is 5.44. The summed E-state index contributed by atoms with van der Waals surface area (Å²) in [5.41, 5.74) is 6.42. The van der Waals surface area contributed by atoms with Gasteiger partial charge in [-0.05, 0) is 36.1 Å². The van der Waals surface area contributed by atoms with E-state index in [0.717, 1.165) is 16.5 Å². The minimum absolute atomic E-state index is 0.0251. The largest absolute Gasteiger partial charge is 0.399 e. The molecule has 1 heterocycles. The Balaban J connectivity index is 1.85. The highest BCUT2D eigenvalue weighted by molar-refractivity contribution is 7.20. The van der Waals surface area contributed by atoms with Crippen molar-refractivity contribution in [3.63, 3.8) is 0 Å². The molecule has 2 aromatic rings. The number of hydrogen-bond donors (Lipinski definition) is 3. The third-order valence-electron chi connectivity index (χ3n) is 2.75. The van der Waals surface area contributed by atoms with E-state index in [2.05, 4.69) is 5.32 Å². The summed E-state index contributed by atoms with van der Waals surface area (Å²) in [6, 6.07) is 7.48. The third kappa shape index (κ3) is 3.93. The summed E-state index contributed by atoms with van der Waals surface area (Å²) in [5, 5.41) is 12.4. The Bertz CT molecular complexity index is 583. The average molecular weight is 294 g/mol. The molecule has 4 N–H and O–H groups in total. The van der Waals surface area contributed by atoms with Crippen molar-refractivity contribution < 1.29 is 14.6 Å². The molecule has 0 radical (unpaired) electrons. The second-order valence-electron chi connectivity index (χ2n) is 4.35. The molecule has 2 rings (SSSR count). The van der Waals surface area contributed by atoms with Crippen LogP contribution >= 0.6 is 11.3 Å². The number of thiophene rings is 1. The zero-order valence-corrected chi connectivity index (χ0v) is 11.9. The SMILES string of the molecule is Nc1ccc2sc(C(=O)NCCCOCCO)cc2c1. The number of carbonyl (C=O) groups excluding carboxylic acids is 1. The van der Waals surface area contributed by atoms with Gasteiger partial charge in [0.25, 0.3) is 5.91 Å². The van der Waals surface area contributed by atoms with E-state index in [4.69, 9.17) is 15.6 Å². The van der Waals surface area contributed by atoms with Crippen molar-refractivity contribution in [3.8, 4) is 0 Å². The Hall–Kier alpha value is -1.63. The number of aliphatic hydroxyl groups excluding tert-OH is 1. The first kappa shape index (κ1) is 14.8. The number of anilines is 1. The van der Waals surface area contributed by atoms with Gasteiger partial charge in [0, 0.05) is 23.5 Å². The maximum atomic E-state index is 12.0. The molecule has 108 valence electrons. The summed E-state index contributed by atoms with van der Waals surface area (Å²) in [5.74, 6) is -0.0769. The van der Waals surface area contributed by atoms with Crippen LogP contribution in [-0.2, 0) is 4.74 Å². The lowest BCUT2D eigenvalue weighted by Gasteiger charge is -2.03. The second kappa shape index (κ2) is 7.23. The van der Waals surface area contributed by atoms with Crippen molar-refractivity contribution in [3.05, 3.63) is 29.1 Å². The van der Waals surface area contributed by atoms with Crippen LogP contribution < -0.4 is 11.1 Å². The van der Waals surface area contributed by atoms with Crippen LogP contribution in [0.25, 0.3) is 10.1 Å². The van der Waals surface area contributed by atoms with Crippen molar-refractivity contribution in [2.75, 3.05) is 32.1 Å². The maximum Gasteiger partial charge on any atom is 0.261 e. The van der Waals surface area contributed by atoms with Gasteiger partial charge in [0.05, 0.1) is 18.1 Å². The fourth-order valence-electron chi connectivity index (χ4n) is 1.80. The Labute approximate surface area is 121 Å². The molecule has 0 aliphatic carbocycles. The van der Waals surface area contributed by atoms with Gasteiger partial charge in [0.15, 0.2) is 0 Å². The van der Waals surface area contributed by atoms with E-state index in [9.17, 15) is 4.79 Å². The quantitative estimate of drug-likeness (QED) is 0.535. The number of hydrogen-bond acceptors (Lipinski definition) is 5. The first-order chi connectivity index (χ1) is 9.70. The van der Waals surface area contributed by atoms with E-state index in [1.807, 2.05) is 24.3 Å². The normalized spacial score (nSPS) is 10.8. The Morgan fingerprint density at radius 1 is 1.35 bits per heavy atom. The topological polar surface area (TPSA) is 84.6 Å². The summed E-state index contributed by atoms with van der Waals surface area (Å²) >= 11 is 1.45. The van der Waals surface area contributed by atoms with E-state index in [-0.39, 0.29) is 12.5 Å². The molecule has 0 spiro atoms. The van der Waals surface area contributed by atoms with Crippen molar-refractivity contribution in [1.82, 2.24) is 5.32 Å². The summed E-state index contributed by atoms with van der Waals surface area (Å²) < 4.78 is 6.17. The first-order valence-electron chi connectivity index (χ1n) is 6.46. The molecule has 1 aromatic heterocycles. The highest BCUT2D eigenvalue weighted by Crippen LogP contribution is 2.27. The van der Waals surface area contributed by atoms with Crippen LogP contribution in [0.5, 0.6) is 0 Å². The standard InChI is InChI=1S/C14H18N2O3S/c15-11-2-3-12-10(8-11)9-13(20-12)14(18)16-4-1-6-19-7-5-17/h2-3,8-9,17H,1,4-7,15H2,(H,16,18). The molecule has 0 unspecified atom stereocenters. The number of carbonyl (C=O) groups is 1. The number of aliphatic hydroxyl groups is 1. The number of fused-ring (bicyclic) bond motifs is 1. The minimum atomic E-state index is -0.0769. The average Bonchev–Trinajstić information content (AvgIpc) is 2.85. The zero-order valence-electron chi connectivity index (χ0n) is 11.1. The molecule has 5 nitrogen and oxygen atoms in total. The van der Waals surface area contributed by atoms with E-state index in [1.54, 1.807) is 0 Å². The van der Waals surface area contributed by atoms with Crippen LogP contribution in [0, 0.1) is 0 Å². The van der Waals surface area contributed by atoms with Gasteiger partial charge in [-0.2, -0.15) is 0 Å². The summed E-state index contributed by atoms with van der Waals surface area (Å²) in [6.45, 7) is 1.45. The molecular formula is C14H18N2O3S. The number of benzene rings is 1. The van der Waals surface area contributed by atoms with Crippen molar-refractivity contribution in [1.29, 1.82) is 0 Å². The molecular weight excluding hydrogens is 276 g/mol. The summed E-state index contributed by atoms with van der Waals surface area (Å²) in [4.78, 5) is 12.7. The van der Waals surface area contributed by atoms with Crippen LogP contribution in [0.4, 0.5) is 5.69 Å². The monoisotopic (exact) mass is 294 g/mol. The molecule has 0 saturated carbocycles. The predicted molar refractivity (Wildman–Crippen MR) is 81.1 cm³/mol. The Kier molecular flexibility index (Phi) is 5.34. The van der Waals surface area contributed by atoms with Gasteiger partial charge in [0.1, 0.15) is 0 Å². The highest BCUT2D eigenvalue weighted by Gasteiger charge is 2.09. The van der Waals surface area contributed by atoms with Crippen molar-refractivity contribution in [2.45, 2.75) is 6.42 Å². The maximum absolute atomic E-state index is 12.0. The molecule has 1 amide bonds. The zero-order chi connectivity index (χ0) is 14.4. The van der Waals surface area contributed by atoms with Gasteiger partial charge in [-0.3, -0.25) is 4.79 Å². The van der Waals surface area contributed by atoms with E-state index < -0.39 is 0 Å². The molecule has 0 aliphatic heterocycles. The van der Waals surface area contributed by atoms with Gasteiger partial charge < -0.3 is 20.9 Å². The lowest BCUT2D eigenvalue weighted by Crippen LogP contribution is -2.24. The fourth-order valence-corrected chi connectivity index (χ4v) is 2.76. The van der Waals surface area contributed by atoms with Crippen LogP contribution in [0.3, 0.4) is 0 Å². The molecule has 0 atom stereocenters. The number of rotatable bonds is 7. The first-order valence-corrected chi connectivity index (χ1v) is 7.28. The smallest absolute Gasteiger partial charge is 0.261 e. The highest BCUT2D eigenvalue weighted by atomic mass is 32.1. The summed E-state index contributed by atoms with van der Waals surface area (Å²) in [6.07, 6.45) is 0.726. The molecule has 20 heavy (non-hydrogen) atoms. The summed E-state index contributed by atoms with van der Waals surface area (Å²) in [7, 11) is 0. The van der Waals surface area contributed by atoms with E-state index in [1.165, 1.54) is 11.3 Å². The Morgan fingerprint density at radius 2 is 2.20 bits per heavy atom. The third-order valence-corrected chi connectivity index (χ3v) is 3.87. The fraction of sp³-hybridized carbons (Fsp3) is 0.357. The molecule has 0 aliphatic rings. The number of nitrogens with two attached hydrogens (primary N) is 1. The molecule has 6 heteroatoms. The predicted octanol–water partition coefficient (Wildman–Crippen LogP) is 1.61. The number of nitrogen functional groups attached to an aromatic ring is 1. The number of ether oxygens (including phenoxy) is 1. The van der Waals surface area contributed by atoms with Crippen LogP contribution in [-0.4, -0.2) is 37.4 Å². The Morgan fingerprint density at radius 3 is 3.00 bits per heavy atom. The molecule has 0 bridgehead atoms. The molecule has 1 aromatic carbocycles. The minimum Gasteiger partial charge on any atom is -0.399 e.